The second kappa shape index (κ2) is 4.87. The van der Waals surface area contributed by atoms with Crippen LogP contribution < -0.4 is 5.56 Å². The summed E-state index contributed by atoms with van der Waals surface area (Å²) in [7, 11) is 0. The monoisotopic (exact) mass is 268 g/mol. The lowest BCUT2D eigenvalue weighted by Gasteiger charge is -2.13. The van der Waals surface area contributed by atoms with Crippen LogP contribution in [0.4, 0.5) is 13.2 Å². The van der Waals surface area contributed by atoms with Gasteiger partial charge in [-0.3, -0.25) is 4.79 Å². The number of aromatic amines is 1. The Hall–Kier alpha value is -2.11. The largest absolute Gasteiger partial charge is 0.417 e. The molecule has 0 bridgehead atoms. The van der Waals surface area contributed by atoms with Gasteiger partial charge in [-0.1, -0.05) is 25.1 Å². The van der Waals surface area contributed by atoms with E-state index >= 15 is 0 Å². The predicted octanol–water partition coefficient (Wildman–Crippen LogP) is 3.02. The van der Waals surface area contributed by atoms with Gasteiger partial charge in [0.1, 0.15) is 0 Å². The van der Waals surface area contributed by atoms with E-state index in [0.717, 1.165) is 12.4 Å². The summed E-state index contributed by atoms with van der Waals surface area (Å²) in [5.74, 6) is 0. The maximum absolute atomic E-state index is 13.0. The zero-order valence-corrected chi connectivity index (χ0v) is 10.1. The van der Waals surface area contributed by atoms with E-state index in [1.165, 1.54) is 18.2 Å². The molecular weight excluding hydrogens is 257 g/mol. The van der Waals surface area contributed by atoms with Gasteiger partial charge in [0.25, 0.3) is 5.56 Å². The van der Waals surface area contributed by atoms with Crippen molar-refractivity contribution >= 4 is 0 Å². The van der Waals surface area contributed by atoms with Gasteiger partial charge in [-0.15, -0.1) is 0 Å². The van der Waals surface area contributed by atoms with Gasteiger partial charge in [-0.2, -0.15) is 13.2 Å². The molecule has 2 rings (SSSR count). The van der Waals surface area contributed by atoms with Crippen molar-refractivity contribution in [1.82, 2.24) is 9.97 Å². The summed E-state index contributed by atoms with van der Waals surface area (Å²) in [6.07, 6.45) is -3.05. The summed E-state index contributed by atoms with van der Waals surface area (Å²) in [5.41, 5.74) is -0.941. The number of hydrogen-bond acceptors (Lipinski definition) is 2. The fourth-order valence-corrected chi connectivity index (χ4v) is 1.92. The molecule has 1 heterocycles. The maximum Gasteiger partial charge on any atom is 0.417 e. The zero-order chi connectivity index (χ0) is 14.0. The first-order valence-corrected chi connectivity index (χ1v) is 5.68. The molecule has 0 amide bonds. The molecule has 0 aliphatic carbocycles. The Balaban J connectivity index is 2.74. The van der Waals surface area contributed by atoms with E-state index in [2.05, 4.69) is 9.97 Å². The third-order valence-electron chi connectivity index (χ3n) is 2.79. The number of aromatic nitrogens is 2. The van der Waals surface area contributed by atoms with Crippen LogP contribution in [0.1, 0.15) is 18.1 Å². The molecule has 0 aliphatic heterocycles. The van der Waals surface area contributed by atoms with Crippen molar-refractivity contribution in [2.75, 3.05) is 0 Å². The smallest absolute Gasteiger partial charge is 0.313 e. The van der Waals surface area contributed by atoms with Gasteiger partial charge >= 0.3 is 6.18 Å². The summed E-state index contributed by atoms with van der Waals surface area (Å²) in [4.78, 5) is 17.9. The molecule has 1 aromatic carbocycles. The average Bonchev–Trinajstić information content (AvgIpc) is 2.37. The standard InChI is InChI=1S/C13H11F3N2O/c1-2-8-11(17-7-18-12(8)19)9-5-3-4-6-10(9)13(14,15)16/h3-7H,2H2,1H3,(H,17,18,19). The van der Waals surface area contributed by atoms with Gasteiger partial charge in [-0.05, 0) is 12.5 Å². The molecule has 0 atom stereocenters. The van der Waals surface area contributed by atoms with Crippen molar-refractivity contribution in [3.05, 3.63) is 52.1 Å². The molecule has 0 saturated heterocycles. The molecule has 100 valence electrons. The third-order valence-corrected chi connectivity index (χ3v) is 2.79. The number of rotatable bonds is 2. The number of nitrogens with zero attached hydrogens (tertiary/aromatic N) is 1. The Bertz CT molecular complexity index is 647. The van der Waals surface area contributed by atoms with Crippen LogP contribution in [-0.4, -0.2) is 9.97 Å². The molecule has 0 aliphatic rings. The molecule has 0 radical (unpaired) electrons. The number of alkyl halides is 3. The lowest BCUT2D eigenvalue weighted by atomic mass is 9.99. The summed E-state index contributed by atoms with van der Waals surface area (Å²) in [5, 5.41) is 0. The lowest BCUT2D eigenvalue weighted by molar-refractivity contribution is -0.137. The van der Waals surface area contributed by atoms with E-state index in [1.807, 2.05) is 0 Å². The van der Waals surface area contributed by atoms with E-state index < -0.39 is 17.3 Å². The van der Waals surface area contributed by atoms with E-state index in [1.54, 1.807) is 6.92 Å². The summed E-state index contributed by atoms with van der Waals surface area (Å²) < 4.78 is 38.9. The minimum atomic E-state index is -4.48. The van der Waals surface area contributed by atoms with E-state index in [-0.39, 0.29) is 16.8 Å². The Morgan fingerprint density at radius 2 is 1.95 bits per heavy atom. The molecule has 0 unspecified atom stereocenters. The number of nitrogens with one attached hydrogen (secondary N) is 1. The van der Waals surface area contributed by atoms with Crippen LogP contribution in [0, 0.1) is 0 Å². The quantitative estimate of drug-likeness (QED) is 0.910. The highest BCUT2D eigenvalue weighted by Crippen LogP contribution is 2.36. The van der Waals surface area contributed by atoms with Gasteiger partial charge in [0.2, 0.25) is 0 Å². The molecule has 0 fully saturated rings. The second-order valence-corrected chi connectivity index (χ2v) is 3.96. The summed E-state index contributed by atoms with van der Waals surface area (Å²) in [6.45, 7) is 1.70. The third kappa shape index (κ3) is 2.52. The van der Waals surface area contributed by atoms with Crippen molar-refractivity contribution in [2.45, 2.75) is 19.5 Å². The van der Waals surface area contributed by atoms with Crippen LogP contribution in [0.2, 0.25) is 0 Å². The van der Waals surface area contributed by atoms with Gasteiger partial charge in [0, 0.05) is 11.1 Å². The topological polar surface area (TPSA) is 45.8 Å². The first-order valence-electron chi connectivity index (χ1n) is 5.68. The predicted molar refractivity (Wildman–Crippen MR) is 64.7 cm³/mol. The molecular formula is C13H11F3N2O. The van der Waals surface area contributed by atoms with Crippen molar-refractivity contribution in [1.29, 1.82) is 0 Å². The van der Waals surface area contributed by atoms with Crippen molar-refractivity contribution in [3.63, 3.8) is 0 Å². The summed E-state index contributed by atoms with van der Waals surface area (Å²) in [6, 6.07) is 5.11. The minimum Gasteiger partial charge on any atom is -0.313 e. The highest BCUT2D eigenvalue weighted by molar-refractivity contribution is 5.67. The van der Waals surface area contributed by atoms with Crippen LogP contribution >= 0.6 is 0 Å². The normalized spacial score (nSPS) is 11.6. The Labute approximate surface area is 107 Å². The van der Waals surface area contributed by atoms with E-state index in [9.17, 15) is 18.0 Å². The number of H-pyrrole nitrogens is 1. The fraction of sp³-hybridized carbons (Fsp3) is 0.231. The second-order valence-electron chi connectivity index (χ2n) is 3.96. The van der Waals surface area contributed by atoms with Gasteiger partial charge < -0.3 is 4.98 Å². The molecule has 0 saturated carbocycles. The fourth-order valence-electron chi connectivity index (χ4n) is 1.92. The van der Waals surface area contributed by atoms with Crippen LogP contribution in [0.3, 0.4) is 0 Å². The van der Waals surface area contributed by atoms with E-state index in [0.29, 0.717) is 6.42 Å². The number of benzene rings is 1. The highest BCUT2D eigenvalue weighted by Gasteiger charge is 2.34. The first-order chi connectivity index (χ1) is 8.95. The minimum absolute atomic E-state index is 0.0713. The van der Waals surface area contributed by atoms with Crippen molar-refractivity contribution < 1.29 is 13.2 Å². The van der Waals surface area contributed by atoms with Crippen molar-refractivity contribution in [3.8, 4) is 11.3 Å². The average molecular weight is 268 g/mol. The molecule has 0 spiro atoms. The first kappa shape index (κ1) is 13.3. The Morgan fingerprint density at radius 1 is 1.26 bits per heavy atom. The lowest BCUT2D eigenvalue weighted by Crippen LogP contribution is -2.16. The van der Waals surface area contributed by atoms with Crippen LogP contribution in [0.25, 0.3) is 11.3 Å². The molecule has 6 heteroatoms. The highest BCUT2D eigenvalue weighted by atomic mass is 19.4. The van der Waals surface area contributed by atoms with Crippen LogP contribution in [-0.2, 0) is 12.6 Å². The van der Waals surface area contributed by atoms with Gasteiger partial charge in [0.05, 0.1) is 17.6 Å². The van der Waals surface area contributed by atoms with Gasteiger partial charge in [0.15, 0.2) is 0 Å². The van der Waals surface area contributed by atoms with E-state index in [4.69, 9.17) is 0 Å². The Kier molecular flexibility index (Phi) is 3.42. The number of hydrogen-bond donors (Lipinski definition) is 1. The van der Waals surface area contributed by atoms with Crippen molar-refractivity contribution in [2.24, 2.45) is 0 Å². The molecule has 1 aromatic heterocycles. The zero-order valence-electron chi connectivity index (χ0n) is 10.1. The summed E-state index contributed by atoms with van der Waals surface area (Å²) >= 11 is 0. The maximum atomic E-state index is 13.0. The van der Waals surface area contributed by atoms with Crippen LogP contribution in [0.5, 0.6) is 0 Å². The van der Waals surface area contributed by atoms with Gasteiger partial charge in [-0.25, -0.2) is 4.98 Å². The number of halogens is 3. The molecule has 1 N–H and O–H groups in total. The molecule has 3 nitrogen and oxygen atoms in total. The SMILES string of the molecule is CCc1c(-c2ccccc2C(F)(F)F)nc[nH]c1=O. The molecule has 2 aromatic rings. The molecule has 19 heavy (non-hydrogen) atoms. The van der Waals surface area contributed by atoms with Crippen LogP contribution in [0.15, 0.2) is 35.4 Å². The Morgan fingerprint density at radius 3 is 2.58 bits per heavy atom.